The summed E-state index contributed by atoms with van der Waals surface area (Å²) in [6.45, 7) is 2.01. The van der Waals surface area contributed by atoms with Crippen LogP contribution in [0.15, 0.2) is 48.5 Å². The van der Waals surface area contributed by atoms with E-state index in [1.807, 2.05) is 31.2 Å². The summed E-state index contributed by atoms with van der Waals surface area (Å²) < 4.78 is 0. The van der Waals surface area contributed by atoms with Crippen molar-refractivity contribution in [2.24, 2.45) is 0 Å². The number of hydrogen-bond acceptors (Lipinski definition) is 4. The number of rotatable bonds is 3. The SMILES string of the molecule is CCc1nc(N)cc(Nc2cccc3ccccc23)n1. The highest BCUT2D eigenvalue weighted by atomic mass is 15.0. The molecule has 0 unspecified atom stereocenters. The molecule has 0 saturated carbocycles. The number of benzene rings is 2. The molecule has 0 radical (unpaired) electrons. The van der Waals surface area contributed by atoms with Crippen LogP contribution in [0.25, 0.3) is 10.8 Å². The molecule has 4 nitrogen and oxygen atoms in total. The summed E-state index contributed by atoms with van der Waals surface area (Å²) >= 11 is 0. The van der Waals surface area contributed by atoms with E-state index >= 15 is 0 Å². The van der Waals surface area contributed by atoms with Gasteiger partial charge >= 0.3 is 0 Å². The fourth-order valence-corrected chi connectivity index (χ4v) is 2.21. The molecule has 1 heterocycles. The van der Waals surface area contributed by atoms with E-state index in [2.05, 4.69) is 33.5 Å². The van der Waals surface area contributed by atoms with Crippen molar-refractivity contribution in [1.82, 2.24) is 9.97 Å². The third-order valence-electron chi connectivity index (χ3n) is 3.16. The van der Waals surface area contributed by atoms with E-state index in [4.69, 9.17) is 5.73 Å². The molecule has 0 atom stereocenters. The summed E-state index contributed by atoms with van der Waals surface area (Å²) in [6, 6.07) is 16.1. The van der Waals surface area contributed by atoms with Crippen LogP contribution in [0.4, 0.5) is 17.3 Å². The molecule has 0 spiro atoms. The molecule has 0 aliphatic carbocycles. The molecular weight excluding hydrogens is 248 g/mol. The van der Waals surface area contributed by atoms with Crippen LogP contribution < -0.4 is 11.1 Å². The lowest BCUT2D eigenvalue weighted by Gasteiger charge is -2.10. The predicted molar refractivity (Wildman–Crippen MR) is 83.1 cm³/mol. The Hall–Kier alpha value is -2.62. The van der Waals surface area contributed by atoms with Crippen LogP contribution in [0.1, 0.15) is 12.7 Å². The first-order chi connectivity index (χ1) is 9.76. The van der Waals surface area contributed by atoms with Crippen LogP contribution in [-0.2, 0) is 6.42 Å². The zero-order chi connectivity index (χ0) is 13.9. The van der Waals surface area contributed by atoms with Crippen molar-refractivity contribution in [2.75, 3.05) is 11.1 Å². The maximum Gasteiger partial charge on any atom is 0.136 e. The average Bonchev–Trinajstić information content (AvgIpc) is 2.47. The smallest absolute Gasteiger partial charge is 0.136 e. The lowest BCUT2D eigenvalue weighted by atomic mass is 10.1. The summed E-state index contributed by atoms with van der Waals surface area (Å²) in [5.74, 6) is 1.96. The maximum absolute atomic E-state index is 5.81. The van der Waals surface area contributed by atoms with E-state index < -0.39 is 0 Å². The van der Waals surface area contributed by atoms with Gasteiger partial charge in [-0.2, -0.15) is 0 Å². The van der Waals surface area contributed by atoms with Gasteiger partial charge in [0.05, 0.1) is 0 Å². The largest absolute Gasteiger partial charge is 0.384 e. The van der Waals surface area contributed by atoms with Crippen molar-refractivity contribution in [3.05, 3.63) is 54.4 Å². The zero-order valence-corrected chi connectivity index (χ0v) is 11.3. The molecule has 4 heteroatoms. The Morgan fingerprint density at radius 2 is 1.85 bits per heavy atom. The minimum absolute atomic E-state index is 0.486. The predicted octanol–water partition coefficient (Wildman–Crippen LogP) is 3.52. The minimum atomic E-state index is 0.486. The highest BCUT2D eigenvalue weighted by molar-refractivity contribution is 5.95. The lowest BCUT2D eigenvalue weighted by Crippen LogP contribution is -2.02. The first-order valence-corrected chi connectivity index (χ1v) is 6.64. The van der Waals surface area contributed by atoms with Crippen molar-refractivity contribution in [3.63, 3.8) is 0 Å². The van der Waals surface area contributed by atoms with Gasteiger partial charge < -0.3 is 11.1 Å². The van der Waals surface area contributed by atoms with E-state index in [0.29, 0.717) is 5.82 Å². The summed E-state index contributed by atoms with van der Waals surface area (Å²) in [5.41, 5.74) is 6.83. The first-order valence-electron chi connectivity index (χ1n) is 6.64. The first kappa shape index (κ1) is 12.4. The summed E-state index contributed by atoms with van der Waals surface area (Å²) in [4.78, 5) is 8.63. The van der Waals surface area contributed by atoms with Crippen LogP contribution in [0.5, 0.6) is 0 Å². The van der Waals surface area contributed by atoms with Gasteiger partial charge in [-0.3, -0.25) is 0 Å². The molecule has 2 aromatic carbocycles. The molecular formula is C16H16N4. The third-order valence-corrected chi connectivity index (χ3v) is 3.16. The maximum atomic E-state index is 5.81. The van der Waals surface area contributed by atoms with E-state index in [1.54, 1.807) is 6.07 Å². The Bertz CT molecular complexity index is 747. The van der Waals surface area contributed by atoms with Gasteiger partial charge in [0.25, 0.3) is 0 Å². The summed E-state index contributed by atoms with van der Waals surface area (Å²) in [5, 5.41) is 5.68. The van der Waals surface area contributed by atoms with Crippen LogP contribution in [0, 0.1) is 0 Å². The van der Waals surface area contributed by atoms with E-state index in [1.165, 1.54) is 5.39 Å². The molecule has 3 N–H and O–H groups in total. The highest BCUT2D eigenvalue weighted by Crippen LogP contribution is 2.26. The number of nitrogen functional groups attached to an aromatic ring is 1. The van der Waals surface area contributed by atoms with E-state index in [0.717, 1.165) is 29.1 Å². The van der Waals surface area contributed by atoms with Crippen LogP contribution >= 0.6 is 0 Å². The van der Waals surface area contributed by atoms with Crippen LogP contribution in [-0.4, -0.2) is 9.97 Å². The van der Waals surface area contributed by atoms with Gasteiger partial charge in [0, 0.05) is 23.6 Å². The second-order valence-electron chi connectivity index (χ2n) is 4.60. The van der Waals surface area contributed by atoms with E-state index in [-0.39, 0.29) is 0 Å². The zero-order valence-electron chi connectivity index (χ0n) is 11.3. The Kier molecular flexibility index (Phi) is 3.21. The number of hydrogen-bond donors (Lipinski definition) is 2. The molecule has 0 bridgehead atoms. The fraction of sp³-hybridized carbons (Fsp3) is 0.125. The molecule has 100 valence electrons. The number of aryl methyl sites for hydroxylation is 1. The van der Waals surface area contributed by atoms with Crippen molar-refractivity contribution in [1.29, 1.82) is 0 Å². The van der Waals surface area contributed by atoms with Crippen molar-refractivity contribution >= 4 is 28.1 Å². The van der Waals surface area contributed by atoms with E-state index in [9.17, 15) is 0 Å². The standard InChI is InChI=1S/C16H16N4/c1-2-15-19-14(17)10-16(20-15)18-13-9-5-7-11-6-3-4-8-12(11)13/h3-10H,2H2,1H3,(H3,17,18,19,20). The normalized spacial score (nSPS) is 10.7. The molecule has 20 heavy (non-hydrogen) atoms. The van der Waals surface area contributed by atoms with Gasteiger partial charge in [-0.1, -0.05) is 43.3 Å². The molecule has 1 aromatic heterocycles. The average molecular weight is 264 g/mol. The quantitative estimate of drug-likeness (QED) is 0.759. The number of nitrogens with two attached hydrogens (primary N) is 1. The number of fused-ring (bicyclic) bond motifs is 1. The highest BCUT2D eigenvalue weighted by Gasteiger charge is 2.04. The molecule has 0 aliphatic heterocycles. The number of nitrogens with zero attached hydrogens (tertiary/aromatic N) is 2. The number of nitrogens with one attached hydrogen (secondary N) is 1. The number of anilines is 3. The molecule has 0 aliphatic rings. The lowest BCUT2D eigenvalue weighted by molar-refractivity contribution is 0.949. The second kappa shape index (κ2) is 5.17. The number of aromatic nitrogens is 2. The van der Waals surface area contributed by atoms with Crippen LogP contribution in [0.3, 0.4) is 0 Å². The van der Waals surface area contributed by atoms with Gasteiger partial charge in [-0.15, -0.1) is 0 Å². The Morgan fingerprint density at radius 1 is 1.05 bits per heavy atom. The summed E-state index contributed by atoms with van der Waals surface area (Å²) in [6.07, 6.45) is 0.759. The third kappa shape index (κ3) is 2.40. The van der Waals surface area contributed by atoms with Crippen molar-refractivity contribution in [3.8, 4) is 0 Å². The molecule has 0 fully saturated rings. The van der Waals surface area contributed by atoms with Gasteiger partial charge in [-0.05, 0) is 11.5 Å². The van der Waals surface area contributed by atoms with Gasteiger partial charge in [-0.25, -0.2) is 9.97 Å². The molecule has 0 amide bonds. The van der Waals surface area contributed by atoms with Gasteiger partial charge in [0.15, 0.2) is 0 Å². The monoisotopic (exact) mass is 264 g/mol. The molecule has 3 rings (SSSR count). The topological polar surface area (TPSA) is 63.8 Å². The molecule has 3 aromatic rings. The molecule has 0 saturated heterocycles. The van der Waals surface area contributed by atoms with Gasteiger partial charge in [0.2, 0.25) is 0 Å². The fourth-order valence-electron chi connectivity index (χ4n) is 2.21. The second-order valence-corrected chi connectivity index (χ2v) is 4.60. The minimum Gasteiger partial charge on any atom is -0.384 e. The summed E-state index contributed by atoms with van der Waals surface area (Å²) in [7, 11) is 0. The van der Waals surface area contributed by atoms with Crippen molar-refractivity contribution in [2.45, 2.75) is 13.3 Å². The van der Waals surface area contributed by atoms with Crippen molar-refractivity contribution < 1.29 is 0 Å². The Morgan fingerprint density at radius 3 is 2.70 bits per heavy atom. The Balaban J connectivity index is 2.03. The van der Waals surface area contributed by atoms with Gasteiger partial charge in [0.1, 0.15) is 17.5 Å². The van der Waals surface area contributed by atoms with Crippen LogP contribution in [0.2, 0.25) is 0 Å². The Labute approximate surface area is 117 Å².